The molecule has 5 fully saturated rings. The van der Waals surface area contributed by atoms with Crippen molar-refractivity contribution in [2.24, 2.45) is 17.8 Å². The molecule has 1 N–H and O–H groups in total. The lowest BCUT2D eigenvalue weighted by atomic mass is 9.61. The van der Waals surface area contributed by atoms with Crippen molar-refractivity contribution in [3.8, 4) is 0 Å². The number of anilines is 1. The Balaban J connectivity index is 1.07. The highest BCUT2D eigenvalue weighted by Gasteiger charge is 2.56. The first-order valence-electron chi connectivity index (χ1n) is 13.8. The maximum absolute atomic E-state index is 14.1. The number of fused-ring (bicyclic) bond motifs is 4. The zero-order chi connectivity index (χ0) is 22.9. The summed E-state index contributed by atoms with van der Waals surface area (Å²) in [4.78, 5) is 34.4. The summed E-state index contributed by atoms with van der Waals surface area (Å²) in [5, 5.41) is 3.45. The van der Waals surface area contributed by atoms with E-state index >= 15 is 0 Å². The van der Waals surface area contributed by atoms with E-state index in [0.717, 1.165) is 57.5 Å². The van der Waals surface area contributed by atoms with E-state index in [4.69, 9.17) is 0 Å². The number of rotatable bonds is 3. The Labute approximate surface area is 203 Å². The van der Waals surface area contributed by atoms with Crippen LogP contribution in [0.3, 0.4) is 0 Å². The van der Waals surface area contributed by atoms with Gasteiger partial charge < -0.3 is 20.0 Å². The van der Waals surface area contributed by atoms with Crippen molar-refractivity contribution in [2.45, 2.75) is 68.9 Å². The minimum atomic E-state index is -0.430. The van der Waals surface area contributed by atoms with Gasteiger partial charge in [-0.1, -0.05) is 24.6 Å². The molecule has 34 heavy (non-hydrogen) atoms. The van der Waals surface area contributed by atoms with E-state index in [1.807, 2.05) is 0 Å². The molecule has 4 aliphatic heterocycles. The minimum Gasteiger partial charge on any atom is -0.342 e. The van der Waals surface area contributed by atoms with Gasteiger partial charge in [0.1, 0.15) is 0 Å². The number of nitrogens with zero attached hydrogens (tertiary/aromatic N) is 3. The lowest BCUT2D eigenvalue weighted by Gasteiger charge is -2.51. The summed E-state index contributed by atoms with van der Waals surface area (Å²) in [7, 11) is 0. The lowest BCUT2D eigenvalue weighted by molar-refractivity contribution is -0.150. The molecule has 6 heteroatoms. The van der Waals surface area contributed by atoms with Gasteiger partial charge in [-0.15, -0.1) is 0 Å². The summed E-state index contributed by atoms with van der Waals surface area (Å²) >= 11 is 0. The van der Waals surface area contributed by atoms with E-state index in [-0.39, 0.29) is 5.92 Å². The SMILES string of the molecule is O=C(C1[C@@H]2CNC[C@H]1C2)N1CCC2(CC1)C(=O)N(C1CC(N3CCCCC3)C1)c1ccccc12. The predicted molar refractivity (Wildman–Crippen MR) is 132 cm³/mol. The molecule has 0 radical (unpaired) electrons. The number of nitrogens with one attached hydrogen (secondary N) is 1. The summed E-state index contributed by atoms with van der Waals surface area (Å²) in [6.45, 7) is 5.88. The van der Waals surface area contributed by atoms with Crippen LogP contribution in [0.5, 0.6) is 0 Å². The van der Waals surface area contributed by atoms with Crippen LogP contribution in [0.25, 0.3) is 0 Å². The topological polar surface area (TPSA) is 55.9 Å². The number of carbonyl (C=O) groups excluding carboxylic acids is 2. The second-order valence-corrected chi connectivity index (χ2v) is 11.9. The van der Waals surface area contributed by atoms with Gasteiger partial charge in [-0.05, 0) is 94.6 Å². The number of likely N-dealkylation sites (tertiary alicyclic amines) is 2. The summed E-state index contributed by atoms with van der Waals surface area (Å²) in [6, 6.07) is 9.51. The maximum atomic E-state index is 14.1. The van der Waals surface area contributed by atoms with Crippen molar-refractivity contribution in [2.75, 3.05) is 44.2 Å². The Kier molecular flexibility index (Phi) is 5.06. The Morgan fingerprint density at radius 3 is 2.29 bits per heavy atom. The van der Waals surface area contributed by atoms with Gasteiger partial charge in [0.2, 0.25) is 11.8 Å². The van der Waals surface area contributed by atoms with Crippen molar-refractivity contribution in [3.05, 3.63) is 29.8 Å². The molecule has 182 valence electrons. The van der Waals surface area contributed by atoms with Crippen LogP contribution in [0.1, 0.15) is 56.9 Å². The number of amides is 2. The molecular weight excluding hydrogens is 424 g/mol. The third-order valence-corrected chi connectivity index (χ3v) is 10.3. The molecule has 1 aromatic rings. The van der Waals surface area contributed by atoms with Crippen molar-refractivity contribution in [1.82, 2.24) is 15.1 Å². The number of hydrogen-bond donors (Lipinski definition) is 1. The highest BCUT2D eigenvalue weighted by Crippen LogP contribution is 2.51. The van der Waals surface area contributed by atoms with E-state index in [0.29, 0.717) is 35.7 Å². The molecule has 2 aliphatic carbocycles. The van der Waals surface area contributed by atoms with Gasteiger partial charge in [0.15, 0.2) is 0 Å². The Morgan fingerprint density at radius 1 is 0.882 bits per heavy atom. The van der Waals surface area contributed by atoms with Crippen LogP contribution in [0.4, 0.5) is 5.69 Å². The van der Waals surface area contributed by atoms with Gasteiger partial charge in [0.25, 0.3) is 0 Å². The minimum absolute atomic E-state index is 0.222. The molecule has 3 atom stereocenters. The number of hydrogen-bond acceptors (Lipinski definition) is 4. The van der Waals surface area contributed by atoms with E-state index in [1.165, 1.54) is 44.3 Å². The largest absolute Gasteiger partial charge is 0.342 e. The van der Waals surface area contributed by atoms with Crippen molar-refractivity contribution < 1.29 is 9.59 Å². The fourth-order valence-corrected chi connectivity index (χ4v) is 8.21. The monoisotopic (exact) mass is 462 g/mol. The molecule has 6 nitrogen and oxygen atoms in total. The zero-order valence-corrected chi connectivity index (χ0v) is 20.3. The lowest BCUT2D eigenvalue weighted by Crippen LogP contribution is -2.61. The van der Waals surface area contributed by atoms with E-state index in [1.54, 1.807) is 0 Å². The average Bonchev–Trinajstić information content (AvgIpc) is 3.08. The molecular formula is C28H38N4O2. The predicted octanol–water partition coefficient (Wildman–Crippen LogP) is 2.77. The van der Waals surface area contributed by atoms with Crippen molar-refractivity contribution >= 4 is 17.5 Å². The van der Waals surface area contributed by atoms with Crippen molar-refractivity contribution in [3.63, 3.8) is 0 Å². The van der Waals surface area contributed by atoms with Crippen LogP contribution in [0.15, 0.2) is 24.3 Å². The van der Waals surface area contributed by atoms with Crippen LogP contribution in [-0.4, -0.2) is 73.0 Å². The quantitative estimate of drug-likeness (QED) is 0.751. The van der Waals surface area contributed by atoms with E-state index in [2.05, 4.69) is 44.3 Å². The molecule has 2 amide bonds. The first kappa shape index (κ1) is 21.4. The molecule has 1 aromatic carbocycles. The van der Waals surface area contributed by atoms with Gasteiger partial charge in [-0.25, -0.2) is 0 Å². The van der Waals surface area contributed by atoms with E-state index in [9.17, 15) is 9.59 Å². The highest BCUT2D eigenvalue weighted by molar-refractivity contribution is 6.09. The molecule has 7 rings (SSSR count). The molecule has 6 aliphatic rings. The summed E-state index contributed by atoms with van der Waals surface area (Å²) in [6.07, 6.45) is 8.99. The zero-order valence-electron chi connectivity index (χ0n) is 20.3. The molecule has 1 unspecified atom stereocenters. The summed E-state index contributed by atoms with van der Waals surface area (Å²) < 4.78 is 0. The first-order chi connectivity index (χ1) is 16.7. The summed E-state index contributed by atoms with van der Waals surface area (Å²) in [5.74, 6) is 1.94. The normalized spacial score (nSPS) is 36.7. The van der Waals surface area contributed by atoms with Crippen LogP contribution in [0.2, 0.25) is 0 Å². The smallest absolute Gasteiger partial charge is 0.238 e. The first-order valence-corrected chi connectivity index (χ1v) is 13.8. The Morgan fingerprint density at radius 2 is 1.59 bits per heavy atom. The van der Waals surface area contributed by atoms with Crippen LogP contribution >= 0.6 is 0 Å². The third kappa shape index (κ3) is 3.07. The highest BCUT2D eigenvalue weighted by atomic mass is 16.2. The molecule has 3 saturated heterocycles. The van der Waals surface area contributed by atoms with Crippen LogP contribution in [0, 0.1) is 17.8 Å². The van der Waals surface area contributed by atoms with Gasteiger partial charge >= 0.3 is 0 Å². The molecule has 4 heterocycles. The molecule has 2 bridgehead atoms. The molecule has 0 aromatic heterocycles. The van der Waals surface area contributed by atoms with Crippen molar-refractivity contribution in [1.29, 1.82) is 0 Å². The fraction of sp³-hybridized carbons (Fsp3) is 0.714. The number of benzene rings is 1. The van der Waals surface area contributed by atoms with Crippen LogP contribution < -0.4 is 10.2 Å². The number of piperidine rings is 4. The number of para-hydroxylation sites is 1. The second-order valence-electron chi connectivity index (χ2n) is 11.9. The Hall–Kier alpha value is -1.92. The van der Waals surface area contributed by atoms with Gasteiger partial charge in [-0.3, -0.25) is 9.59 Å². The second kappa shape index (κ2) is 8.06. The van der Waals surface area contributed by atoms with E-state index < -0.39 is 5.41 Å². The number of carbonyl (C=O) groups is 2. The molecule has 2 saturated carbocycles. The maximum Gasteiger partial charge on any atom is 0.238 e. The molecule has 1 spiro atoms. The van der Waals surface area contributed by atoms with Gasteiger partial charge in [0, 0.05) is 36.8 Å². The van der Waals surface area contributed by atoms with Crippen LogP contribution in [-0.2, 0) is 15.0 Å². The standard InChI is InChI=1S/C28H38N4O2/c33-26(25-19-14-20(25)18-29-17-19)31-12-8-28(9-13-31)23-6-2-3-7-24(23)32(27(28)34)22-15-21(16-22)30-10-4-1-5-11-30/h2-3,6-7,19-22,25,29H,1,4-5,8-18H2/t19-,20+,21?,22?,25?. The third-order valence-electron chi connectivity index (χ3n) is 10.3. The van der Waals surface area contributed by atoms with Gasteiger partial charge in [0.05, 0.1) is 5.41 Å². The summed E-state index contributed by atoms with van der Waals surface area (Å²) in [5.41, 5.74) is 1.94. The van der Waals surface area contributed by atoms with Gasteiger partial charge in [-0.2, -0.15) is 0 Å². The fourth-order valence-electron chi connectivity index (χ4n) is 8.21. The average molecular weight is 463 g/mol. The Bertz CT molecular complexity index is 960.